The van der Waals surface area contributed by atoms with Crippen LogP contribution in [-0.2, 0) is 6.42 Å². The molecule has 2 heterocycles. The van der Waals surface area contributed by atoms with Gasteiger partial charge in [0.2, 0.25) is 5.88 Å². The average molecular weight is 423 g/mol. The van der Waals surface area contributed by atoms with Crippen LogP contribution in [0.2, 0.25) is 5.02 Å². The van der Waals surface area contributed by atoms with Crippen LogP contribution in [0.25, 0.3) is 22.2 Å². The molecule has 0 aliphatic carbocycles. The third-order valence-corrected chi connectivity index (χ3v) is 4.84. The number of aryl methyl sites for hydroxylation is 1. The molecule has 5 nitrogen and oxygen atoms in total. The zero-order valence-corrected chi connectivity index (χ0v) is 17.9. The molecule has 0 atom stereocenters. The maximum Gasteiger partial charge on any atom is 0.219 e. The second-order valence-electron chi connectivity index (χ2n) is 7.29. The van der Waals surface area contributed by atoms with Gasteiger partial charge in [0.05, 0.1) is 22.2 Å². The van der Waals surface area contributed by atoms with E-state index in [0.717, 1.165) is 40.9 Å². The lowest BCUT2D eigenvalue weighted by molar-refractivity contribution is 0.243. The number of ether oxygens (including phenoxy) is 2. The zero-order chi connectivity index (χ0) is 21.1. The topological polar surface area (TPSA) is 57.4 Å². The van der Waals surface area contributed by atoms with E-state index >= 15 is 0 Å². The van der Waals surface area contributed by atoms with E-state index in [1.165, 1.54) is 0 Å². The summed E-state index contributed by atoms with van der Waals surface area (Å²) in [5.41, 5.74) is 3.15. The lowest BCUT2D eigenvalue weighted by Crippen LogP contribution is -2.05. The van der Waals surface area contributed by atoms with Crippen molar-refractivity contribution >= 4 is 22.6 Å². The standard InChI is InChI=1S/C24H23ClN2O3/c1-4-8-20-17(11-12-23(26-20)29-16-9-6-5-7-10-16)24-18-13-22(28-15(2)3)19(25)14-21(18)30-27-24/h5-7,9-15H,4,8H2,1-3H3. The van der Waals surface area contributed by atoms with Crippen molar-refractivity contribution in [2.24, 2.45) is 0 Å². The van der Waals surface area contributed by atoms with Crippen LogP contribution in [0.1, 0.15) is 32.9 Å². The predicted molar refractivity (Wildman–Crippen MR) is 119 cm³/mol. The Morgan fingerprint density at radius 2 is 1.87 bits per heavy atom. The molecule has 0 saturated carbocycles. The molecule has 4 aromatic rings. The number of fused-ring (bicyclic) bond motifs is 1. The number of aromatic nitrogens is 2. The van der Waals surface area contributed by atoms with Gasteiger partial charge in [-0.1, -0.05) is 48.3 Å². The summed E-state index contributed by atoms with van der Waals surface area (Å²) in [4.78, 5) is 4.75. The third-order valence-electron chi connectivity index (χ3n) is 4.54. The van der Waals surface area contributed by atoms with Gasteiger partial charge in [0.15, 0.2) is 5.58 Å². The first kappa shape index (κ1) is 20.2. The Labute approximate surface area is 180 Å². The van der Waals surface area contributed by atoms with Gasteiger partial charge in [-0.05, 0) is 44.5 Å². The Morgan fingerprint density at radius 1 is 1.07 bits per heavy atom. The van der Waals surface area contributed by atoms with E-state index in [1.54, 1.807) is 6.07 Å². The highest BCUT2D eigenvalue weighted by atomic mass is 35.5. The van der Waals surface area contributed by atoms with Crippen LogP contribution < -0.4 is 9.47 Å². The summed E-state index contributed by atoms with van der Waals surface area (Å²) >= 11 is 6.34. The smallest absolute Gasteiger partial charge is 0.219 e. The van der Waals surface area contributed by atoms with E-state index in [4.69, 9.17) is 30.6 Å². The molecular formula is C24H23ClN2O3. The summed E-state index contributed by atoms with van der Waals surface area (Å²) in [7, 11) is 0. The molecule has 4 rings (SSSR count). The van der Waals surface area contributed by atoms with Crippen LogP contribution in [0, 0.1) is 0 Å². The van der Waals surface area contributed by atoms with E-state index in [1.807, 2.05) is 62.4 Å². The lowest BCUT2D eigenvalue weighted by atomic mass is 10.0. The second-order valence-corrected chi connectivity index (χ2v) is 7.69. The van der Waals surface area contributed by atoms with Crippen molar-refractivity contribution in [2.75, 3.05) is 0 Å². The largest absolute Gasteiger partial charge is 0.489 e. The summed E-state index contributed by atoms with van der Waals surface area (Å²) in [6.45, 7) is 6.04. The molecule has 0 saturated heterocycles. The maximum atomic E-state index is 6.34. The number of halogens is 1. The normalized spacial score (nSPS) is 11.2. The fraction of sp³-hybridized carbons (Fsp3) is 0.250. The van der Waals surface area contributed by atoms with Crippen molar-refractivity contribution in [3.05, 3.63) is 65.3 Å². The van der Waals surface area contributed by atoms with Crippen molar-refractivity contribution in [2.45, 2.75) is 39.7 Å². The highest BCUT2D eigenvalue weighted by Gasteiger charge is 2.18. The molecule has 0 N–H and O–H groups in total. The van der Waals surface area contributed by atoms with Crippen LogP contribution in [0.5, 0.6) is 17.4 Å². The van der Waals surface area contributed by atoms with Gasteiger partial charge >= 0.3 is 0 Å². The molecule has 0 amide bonds. The van der Waals surface area contributed by atoms with Gasteiger partial charge in [-0.2, -0.15) is 0 Å². The number of hydrogen-bond acceptors (Lipinski definition) is 5. The van der Waals surface area contributed by atoms with E-state index in [2.05, 4.69) is 12.1 Å². The van der Waals surface area contributed by atoms with Crippen molar-refractivity contribution < 1.29 is 14.0 Å². The molecule has 2 aromatic heterocycles. The molecule has 0 aliphatic heterocycles. The SMILES string of the molecule is CCCc1nc(Oc2ccccc2)ccc1-c1noc2cc(Cl)c(OC(C)C)cc12. The second kappa shape index (κ2) is 8.76. The van der Waals surface area contributed by atoms with Gasteiger partial charge in [-0.25, -0.2) is 4.98 Å². The summed E-state index contributed by atoms with van der Waals surface area (Å²) < 4.78 is 17.3. The summed E-state index contributed by atoms with van der Waals surface area (Å²) in [5.74, 6) is 1.91. The molecule has 2 aromatic carbocycles. The molecule has 0 radical (unpaired) electrons. The Bertz CT molecular complexity index is 1160. The van der Waals surface area contributed by atoms with Gasteiger partial charge in [-0.15, -0.1) is 0 Å². The average Bonchev–Trinajstić information content (AvgIpc) is 3.11. The molecule has 0 bridgehead atoms. The minimum Gasteiger partial charge on any atom is -0.489 e. The van der Waals surface area contributed by atoms with E-state index in [-0.39, 0.29) is 6.10 Å². The first-order valence-electron chi connectivity index (χ1n) is 10.0. The summed E-state index contributed by atoms with van der Waals surface area (Å²) in [6, 6.07) is 17.1. The molecule has 6 heteroatoms. The predicted octanol–water partition coefficient (Wildman–Crippen LogP) is 7.08. The monoisotopic (exact) mass is 422 g/mol. The third kappa shape index (κ3) is 4.26. The number of benzene rings is 2. The zero-order valence-electron chi connectivity index (χ0n) is 17.2. The molecular weight excluding hydrogens is 400 g/mol. The van der Waals surface area contributed by atoms with E-state index < -0.39 is 0 Å². The van der Waals surface area contributed by atoms with Gasteiger partial charge in [-0.3, -0.25) is 0 Å². The highest BCUT2D eigenvalue weighted by molar-refractivity contribution is 6.32. The first-order chi connectivity index (χ1) is 14.5. The number of hydrogen-bond donors (Lipinski definition) is 0. The molecule has 0 unspecified atom stereocenters. The van der Waals surface area contributed by atoms with Crippen molar-refractivity contribution in [1.82, 2.24) is 10.1 Å². The number of rotatable bonds is 7. The van der Waals surface area contributed by atoms with Crippen LogP contribution in [0.15, 0.2) is 59.1 Å². The highest BCUT2D eigenvalue weighted by Crippen LogP contribution is 2.37. The summed E-state index contributed by atoms with van der Waals surface area (Å²) in [6.07, 6.45) is 1.74. The van der Waals surface area contributed by atoms with Crippen LogP contribution in [-0.4, -0.2) is 16.2 Å². The van der Waals surface area contributed by atoms with E-state index in [9.17, 15) is 0 Å². The Balaban J connectivity index is 1.76. The fourth-order valence-electron chi connectivity index (χ4n) is 3.27. The number of para-hydroxylation sites is 1. The number of pyridine rings is 1. The van der Waals surface area contributed by atoms with Crippen LogP contribution in [0.3, 0.4) is 0 Å². The quantitative estimate of drug-likeness (QED) is 0.318. The van der Waals surface area contributed by atoms with Crippen LogP contribution >= 0.6 is 11.6 Å². The van der Waals surface area contributed by atoms with Gasteiger partial charge in [0.1, 0.15) is 17.2 Å². The van der Waals surface area contributed by atoms with Gasteiger partial charge in [0, 0.05) is 17.7 Å². The Morgan fingerprint density at radius 3 is 2.60 bits per heavy atom. The fourth-order valence-corrected chi connectivity index (χ4v) is 3.47. The minimum atomic E-state index is 0.00926. The Hall–Kier alpha value is -3.05. The minimum absolute atomic E-state index is 0.00926. The van der Waals surface area contributed by atoms with Crippen molar-refractivity contribution in [3.63, 3.8) is 0 Å². The van der Waals surface area contributed by atoms with Gasteiger partial charge in [0.25, 0.3) is 0 Å². The van der Waals surface area contributed by atoms with Crippen molar-refractivity contribution in [1.29, 1.82) is 0 Å². The molecule has 0 aliphatic rings. The molecule has 154 valence electrons. The summed E-state index contributed by atoms with van der Waals surface area (Å²) in [5, 5.41) is 5.65. The van der Waals surface area contributed by atoms with Crippen LogP contribution in [0.4, 0.5) is 0 Å². The molecule has 30 heavy (non-hydrogen) atoms. The maximum absolute atomic E-state index is 6.34. The van der Waals surface area contributed by atoms with Gasteiger partial charge < -0.3 is 14.0 Å². The van der Waals surface area contributed by atoms with Crippen molar-refractivity contribution in [3.8, 4) is 28.6 Å². The van der Waals surface area contributed by atoms with E-state index in [0.29, 0.717) is 22.2 Å². The first-order valence-corrected chi connectivity index (χ1v) is 10.4. The number of nitrogens with zero attached hydrogens (tertiary/aromatic N) is 2. The lowest BCUT2D eigenvalue weighted by Gasteiger charge is -2.12. The molecule has 0 spiro atoms. The Kier molecular flexibility index (Phi) is 5.91. The molecule has 0 fully saturated rings.